The number of hydrogen-bond donors (Lipinski definition) is 0. The topological polar surface area (TPSA) is 62.3 Å². The second kappa shape index (κ2) is 7.99. The lowest BCUT2D eigenvalue weighted by Gasteiger charge is -2.42. The van der Waals surface area contributed by atoms with Crippen LogP contribution in [0.5, 0.6) is 11.5 Å². The van der Waals surface area contributed by atoms with Crippen LogP contribution in [0.25, 0.3) is 0 Å². The maximum absolute atomic E-state index is 12.9. The first kappa shape index (κ1) is 20.5. The Labute approximate surface area is 167 Å². The molecule has 0 radical (unpaired) electrons. The summed E-state index contributed by atoms with van der Waals surface area (Å²) in [6, 6.07) is 5.68. The van der Waals surface area contributed by atoms with E-state index in [9.17, 15) is 9.59 Å². The molecule has 3 rings (SSSR count). The number of hydrogen-bond acceptors (Lipinski definition) is 5. The molecule has 3 amide bonds. The van der Waals surface area contributed by atoms with Crippen LogP contribution in [0.3, 0.4) is 0 Å². The Morgan fingerprint density at radius 1 is 1.11 bits per heavy atom. The summed E-state index contributed by atoms with van der Waals surface area (Å²) < 4.78 is 10.8. The number of nitrogens with zero attached hydrogens (tertiary/aromatic N) is 3. The van der Waals surface area contributed by atoms with Gasteiger partial charge in [0.25, 0.3) is 5.91 Å². The van der Waals surface area contributed by atoms with Crippen LogP contribution < -0.4 is 9.47 Å². The Hall–Kier alpha value is -2.28. The van der Waals surface area contributed by atoms with Crippen molar-refractivity contribution in [3.8, 4) is 11.5 Å². The van der Waals surface area contributed by atoms with Crippen LogP contribution in [0.1, 0.15) is 32.3 Å². The van der Waals surface area contributed by atoms with Crippen molar-refractivity contribution < 1.29 is 19.1 Å². The summed E-state index contributed by atoms with van der Waals surface area (Å²) in [5.41, 5.74) is 0.403. The first-order chi connectivity index (χ1) is 13.3. The van der Waals surface area contributed by atoms with E-state index in [1.54, 1.807) is 21.3 Å². The summed E-state index contributed by atoms with van der Waals surface area (Å²) in [7, 11) is 4.89. The maximum atomic E-state index is 12.9. The highest BCUT2D eigenvalue weighted by Crippen LogP contribution is 2.38. The number of carbonyl (C=O) groups excluding carboxylic acids is 2. The van der Waals surface area contributed by atoms with Gasteiger partial charge in [-0.25, -0.2) is 4.79 Å². The average Bonchev–Trinajstić information content (AvgIpc) is 2.86. The molecule has 154 valence electrons. The van der Waals surface area contributed by atoms with Gasteiger partial charge in [0.05, 0.1) is 14.2 Å². The molecule has 0 atom stereocenters. The minimum absolute atomic E-state index is 0.0557. The standard InChI is InChI=1S/C21H31N3O4/c1-15(2)13-24-20(26)22(3)19(25)21(24)8-10-23(11-9-21)14-16-6-7-17(27-4)12-18(16)28-5/h6-7,12,15H,8-11,13-14H2,1-5H3. The summed E-state index contributed by atoms with van der Waals surface area (Å²) in [5, 5.41) is 0. The van der Waals surface area contributed by atoms with Crippen LogP contribution in [0.2, 0.25) is 0 Å². The van der Waals surface area contributed by atoms with E-state index in [4.69, 9.17) is 9.47 Å². The number of benzene rings is 1. The van der Waals surface area contributed by atoms with E-state index in [2.05, 4.69) is 18.7 Å². The molecule has 7 heteroatoms. The van der Waals surface area contributed by atoms with Crippen molar-refractivity contribution in [3.05, 3.63) is 23.8 Å². The van der Waals surface area contributed by atoms with E-state index in [1.807, 2.05) is 23.1 Å². The molecule has 2 aliphatic rings. The molecule has 1 aromatic rings. The molecule has 2 fully saturated rings. The average molecular weight is 389 g/mol. The van der Waals surface area contributed by atoms with Crippen molar-refractivity contribution in [3.63, 3.8) is 0 Å². The van der Waals surface area contributed by atoms with Crippen molar-refractivity contribution >= 4 is 11.9 Å². The second-order valence-corrected chi connectivity index (χ2v) is 8.14. The van der Waals surface area contributed by atoms with Crippen LogP contribution in [0.4, 0.5) is 4.79 Å². The predicted molar refractivity (Wildman–Crippen MR) is 106 cm³/mol. The van der Waals surface area contributed by atoms with Gasteiger partial charge in [-0.05, 0) is 24.8 Å². The monoisotopic (exact) mass is 389 g/mol. The predicted octanol–water partition coefficient (Wildman–Crippen LogP) is 2.59. The molecule has 0 N–H and O–H groups in total. The Balaban J connectivity index is 1.73. The Morgan fingerprint density at radius 2 is 1.79 bits per heavy atom. The van der Waals surface area contributed by atoms with Crippen LogP contribution >= 0.6 is 0 Å². The van der Waals surface area contributed by atoms with Gasteiger partial charge in [0, 0.05) is 44.9 Å². The van der Waals surface area contributed by atoms with Crippen molar-refractivity contribution in [2.24, 2.45) is 5.92 Å². The number of amides is 3. The number of methoxy groups -OCH3 is 2. The minimum atomic E-state index is -0.684. The molecule has 0 aromatic heterocycles. The Kier molecular flexibility index (Phi) is 5.84. The molecule has 2 heterocycles. The number of urea groups is 1. The SMILES string of the molecule is COc1ccc(CN2CCC3(CC2)C(=O)N(C)C(=O)N3CC(C)C)c(OC)c1. The van der Waals surface area contributed by atoms with Gasteiger partial charge in [-0.3, -0.25) is 14.6 Å². The quantitative estimate of drug-likeness (QED) is 0.700. The third-order valence-electron chi connectivity index (χ3n) is 5.86. The van der Waals surface area contributed by atoms with E-state index in [0.29, 0.717) is 25.3 Å². The largest absolute Gasteiger partial charge is 0.497 e. The fourth-order valence-corrected chi connectivity index (χ4v) is 4.28. The number of imide groups is 1. The van der Waals surface area contributed by atoms with Crippen molar-refractivity contribution in [1.29, 1.82) is 0 Å². The Morgan fingerprint density at radius 3 is 2.36 bits per heavy atom. The van der Waals surface area contributed by atoms with Gasteiger partial charge in [-0.2, -0.15) is 0 Å². The molecule has 28 heavy (non-hydrogen) atoms. The highest BCUT2D eigenvalue weighted by molar-refractivity contribution is 6.06. The first-order valence-corrected chi connectivity index (χ1v) is 9.85. The van der Waals surface area contributed by atoms with Gasteiger partial charge < -0.3 is 14.4 Å². The zero-order chi connectivity index (χ0) is 20.5. The maximum Gasteiger partial charge on any atom is 0.327 e. The zero-order valence-corrected chi connectivity index (χ0v) is 17.5. The van der Waals surface area contributed by atoms with Crippen molar-refractivity contribution in [1.82, 2.24) is 14.7 Å². The van der Waals surface area contributed by atoms with Gasteiger partial charge in [0.15, 0.2) is 0 Å². The summed E-state index contributed by atoms with van der Waals surface area (Å²) in [5.74, 6) is 1.83. The lowest BCUT2D eigenvalue weighted by Crippen LogP contribution is -2.57. The van der Waals surface area contributed by atoms with Crippen LogP contribution in [-0.2, 0) is 11.3 Å². The van der Waals surface area contributed by atoms with E-state index >= 15 is 0 Å². The van der Waals surface area contributed by atoms with Gasteiger partial charge in [-0.15, -0.1) is 0 Å². The van der Waals surface area contributed by atoms with Crippen LogP contribution in [0, 0.1) is 5.92 Å². The molecule has 7 nitrogen and oxygen atoms in total. The molecule has 1 aromatic carbocycles. The highest BCUT2D eigenvalue weighted by Gasteiger charge is 2.56. The Bertz CT molecular complexity index is 741. The number of carbonyl (C=O) groups is 2. The number of ether oxygens (including phenoxy) is 2. The number of likely N-dealkylation sites (tertiary alicyclic amines) is 1. The van der Waals surface area contributed by atoms with Gasteiger partial charge >= 0.3 is 6.03 Å². The summed E-state index contributed by atoms with van der Waals surface area (Å²) in [4.78, 5) is 31.0. The molecule has 2 aliphatic heterocycles. The first-order valence-electron chi connectivity index (χ1n) is 9.85. The van der Waals surface area contributed by atoms with Crippen molar-refractivity contribution in [2.75, 3.05) is 40.9 Å². The molecule has 0 aliphatic carbocycles. The molecular formula is C21H31N3O4. The van der Waals surface area contributed by atoms with Crippen molar-refractivity contribution in [2.45, 2.75) is 38.8 Å². The molecule has 0 saturated carbocycles. The molecular weight excluding hydrogens is 358 g/mol. The van der Waals surface area contributed by atoms with E-state index in [-0.39, 0.29) is 11.9 Å². The fourth-order valence-electron chi connectivity index (χ4n) is 4.28. The molecule has 0 bridgehead atoms. The molecule has 1 spiro atoms. The molecule has 2 saturated heterocycles. The summed E-state index contributed by atoms with van der Waals surface area (Å²) >= 11 is 0. The number of rotatable bonds is 6. The minimum Gasteiger partial charge on any atom is -0.497 e. The van der Waals surface area contributed by atoms with Gasteiger partial charge in [0.2, 0.25) is 0 Å². The van der Waals surface area contributed by atoms with Gasteiger partial charge in [-0.1, -0.05) is 19.9 Å². The highest BCUT2D eigenvalue weighted by atomic mass is 16.5. The number of likely N-dealkylation sites (N-methyl/N-ethyl adjacent to an activating group) is 1. The van der Waals surface area contributed by atoms with E-state index < -0.39 is 5.54 Å². The smallest absolute Gasteiger partial charge is 0.327 e. The number of piperidine rings is 1. The lowest BCUT2D eigenvalue weighted by molar-refractivity contribution is -0.135. The third kappa shape index (κ3) is 3.55. The van der Waals surface area contributed by atoms with Crippen LogP contribution in [0.15, 0.2) is 18.2 Å². The zero-order valence-electron chi connectivity index (χ0n) is 17.5. The van der Waals surface area contributed by atoms with Gasteiger partial charge in [0.1, 0.15) is 17.0 Å². The third-order valence-corrected chi connectivity index (χ3v) is 5.86. The summed E-state index contributed by atoms with van der Waals surface area (Å²) in [6.07, 6.45) is 1.32. The molecule has 0 unspecified atom stereocenters. The summed E-state index contributed by atoms with van der Waals surface area (Å²) in [6.45, 7) is 7.03. The normalized spacial score (nSPS) is 19.8. The van der Waals surface area contributed by atoms with E-state index in [1.165, 1.54) is 4.90 Å². The lowest BCUT2D eigenvalue weighted by atomic mass is 9.85. The van der Waals surface area contributed by atoms with Crippen LogP contribution in [-0.4, -0.2) is 73.1 Å². The van der Waals surface area contributed by atoms with E-state index in [0.717, 1.165) is 36.7 Å². The fraction of sp³-hybridized carbons (Fsp3) is 0.619. The second-order valence-electron chi connectivity index (χ2n) is 8.14.